The fourth-order valence-corrected chi connectivity index (χ4v) is 0.593. The van der Waals surface area contributed by atoms with Gasteiger partial charge in [0.2, 0.25) is 0 Å². The van der Waals surface area contributed by atoms with Gasteiger partial charge in [-0.05, 0) is 0 Å². The van der Waals surface area contributed by atoms with Crippen molar-refractivity contribution in [1.82, 2.24) is 0 Å². The number of carbonyl (C=O) groups excluding carboxylic acids is 1. The van der Waals surface area contributed by atoms with Gasteiger partial charge in [0.1, 0.15) is 0 Å². The molecule has 8 heavy (non-hydrogen) atoms. The van der Waals surface area contributed by atoms with Crippen LogP contribution in [0.2, 0.25) is 0 Å². The molecule has 0 aromatic rings. The number of hydrogen-bond acceptors (Lipinski definition) is 2. The molecule has 3 heteroatoms. The topological polar surface area (TPSA) is 26.3 Å². The Morgan fingerprint density at radius 2 is 2.38 bits per heavy atom. The van der Waals surface area contributed by atoms with Crippen LogP contribution >= 0.6 is 0 Å². The van der Waals surface area contributed by atoms with E-state index in [-0.39, 0.29) is 13.3 Å². The minimum atomic E-state index is -0.106. The molecule has 0 amide bonds. The SMILES string of the molecule is CC(C)C(=O)OC[TeH].[H+]. The van der Waals surface area contributed by atoms with Crippen LogP contribution in [0.25, 0.3) is 0 Å². The third-order valence-corrected chi connectivity index (χ3v) is 1.05. The fourth-order valence-electron chi connectivity index (χ4n) is 0.230. The Bertz CT molecular complexity index is 85.0. The molecule has 0 saturated heterocycles. The predicted molar refractivity (Wildman–Crippen MR) is 34.1 cm³/mol. The smallest absolute Gasteiger partial charge is 1.00 e. The molecule has 0 aliphatic carbocycles. The molecule has 0 spiro atoms. The molecule has 0 N–H and O–H groups in total. The van der Waals surface area contributed by atoms with Crippen molar-refractivity contribution in [2.24, 2.45) is 5.92 Å². The normalized spacial score (nSPS) is 9.50. The van der Waals surface area contributed by atoms with Gasteiger partial charge in [-0.3, -0.25) is 0 Å². The maximum Gasteiger partial charge on any atom is 1.00 e. The Kier molecular flexibility index (Phi) is 4.30. The van der Waals surface area contributed by atoms with E-state index in [1.165, 1.54) is 22.3 Å². The molecule has 0 atom stereocenters. The van der Waals surface area contributed by atoms with Crippen LogP contribution in [0.1, 0.15) is 15.3 Å². The van der Waals surface area contributed by atoms with E-state index in [4.69, 9.17) is 0 Å². The van der Waals surface area contributed by atoms with Crippen LogP contribution < -0.4 is 0 Å². The Morgan fingerprint density at radius 1 is 1.88 bits per heavy atom. The summed E-state index contributed by atoms with van der Waals surface area (Å²) in [5.41, 5.74) is 0. The summed E-state index contributed by atoms with van der Waals surface area (Å²) in [6.45, 7) is 3.65. The summed E-state index contributed by atoms with van der Waals surface area (Å²) in [5.74, 6) is -0.0883. The zero-order valence-corrected chi connectivity index (χ0v) is 7.60. The second kappa shape index (κ2) is 4.17. The molecule has 0 saturated carbocycles. The monoisotopic (exact) mass is 233 g/mol. The van der Waals surface area contributed by atoms with E-state index in [9.17, 15) is 4.79 Å². The van der Waals surface area contributed by atoms with Gasteiger partial charge in [-0.1, -0.05) is 0 Å². The summed E-state index contributed by atoms with van der Waals surface area (Å²) in [6, 6.07) is 0. The van der Waals surface area contributed by atoms with Gasteiger partial charge in [-0.15, -0.1) is 0 Å². The zero-order chi connectivity index (χ0) is 6.57. The molecular formula is C5H11O2Te+. The van der Waals surface area contributed by atoms with Crippen LogP contribution in [-0.2, 0) is 9.53 Å². The molecule has 0 aromatic heterocycles. The summed E-state index contributed by atoms with van der Waals surface area (Å²) in [6.07, 6.45) is 0. The Hall–Kier alpha value is 0.260. The molecule has 0 aliphatic heterocycles. The van der Waals surface area contributed by atoms with E-state index in [2.05, 4.69) is 4.74 Å². The first kappa shape index (κ1) is 8.26. The Balaban J connectivity index is 0. The standard InChI is InChI=1S/C5H10O2Te/c1-4(2)5(6)7-3-8/h4,8H,3H2,1-2H3/p+1. The minimum absolute atomic E-state index is 0. The van der Waals surface area contributed by atoms with Crippen molar-refractivity contribution in [3.8, 4) is 0 Å². The average Bonchev–Trinajstić information content (AvgIpc) is 1.67. The van der Waals surface area contributed by atoms with Crippen molar-refractivity contribution in [1.29, 1.82) is 0 Å². The van der Waals surface area contributed by atoms with Gasteiger partial charge in [-0.2, -0.15) is 0 Å². The van der Waals surface area contributed by atoms with Gasteiger partial charge in [0.05, 0.1) is 0 Å². The second-order valence-corrected chi connectivity index (χ2v) is 2.48. The van der Waals surface area contributed by atoms with Crippen molar-refractivity contribution < 1.29 is 11.0 Å². The van der Waals surface area contributed by atoms with Crippen molar-refractivity contribution in [3.05, 3.63) is 0 Å². The first-order chi connectivity index (χ1) is 3.68. The van der Waals surface area contributed by atoms with Gasteiger partial charge >= 0.3 is 63.6 Å². The van der Waals surface area contributed by atoms with Crippen LogP contribution in [0.3, 0.4) is 0 Å². The van der Waals surface area contributed by atoms with Gasteiger partial charge in [0.25, 0.3) is 0 Å². The molecule has 0 radical (unpaired) electrons. The average molecular weight is 231 g/mol. The summed E-state index contributed by atoms with van der Waals surface area (Å²) < 4.78 is 5.22. The van der Waals surface area contributed by atoms with Crippen LogP contribution in [-0.4, -0.2) is 32.9 Å². The van der Waals surface area contributed by atoms with Gasteiger partial charge in [0, 0.05) is 0 Å². The number of carbonyl (C=O) groups is 1. The van der Waals surface area contributed by atoms with Gasteiger partial charge in [-0.25, -0.2) is 0 Å². The minimum Gasteiger partial charge on any atom is 1.00 e. The molecule has 48 valence electrons. The van der Waals surface area contributed by atoms with Crippen LogP contribution in [0.5, 0.6) is 0 Å². The van der Waals surface area contributed by atoms with Crippen molar-refractivity contribution >= 4 is 28.3 Å². The number of hydrogen-bond donors (Lipinski definition) is 0. The maximum atomic E-state index is 10.5. The summed E-state index contributed by atoms with van der Waals surface area (Å²) in [4.78, 5) is 10.5. The van der Waals surface area contributed by atoms with Gasteiger partial charge < -0.3 is 0 Å². The van der Waals surface area contributed by atoms with E-state index < -0.39 is 0 Å². The molecule has 0 aromatic carbocycles. The fraction of sp³-hybridized carbons (Fsp3) is 0.800. The first-order valence-electron chi connectivity index (χ1n) is 2.46. The molecule has 0 fully saturated rings. The third-order valence-electron chi connectivity index (χ3n) is 0.678. The van der Waals surface area contributed by atoms with E-state index in [0.29, 0.717) is 4.65 Å². The van der Waals surface area contributed by atoms with E-state index >= 15 is 0 Å². The largest absolute Gasteiger partial charge is 1.00 e. The number of esters is 1. The summed E-state index contributed by atoms with van der Waals surface area (Å²) in [5, 5.41) is 0. The van der Waals surface area contributed by atoms with E-state index in [1.807, 2.05) is 13.8 Å². The van der Waals surface area contributed by atoms with Gasteiger partial charge in [0.15, 0.2) is 0 Å². The molecule has 0 aliphatic rings. The molecule has 0 rings (SSSR count). The predicted octanol–water partition coefficient (Wildman–Crippen LogP) is 0.156. The summed E-state index contributed by atoms with van der Waals surface area (Å²) >= 11 is 1.49. The molecular weight excluding hydrogens is 220 g/mol. The van der Waals surface area contributed by atoms with E-state index in [0.717, 1.165) is 0 Å². The molecule has 0 heterocycles. The summed E-state index contributed by atoms with van der Waals surface area (Å²) in [7, 11) is 0. The number of rotatable bonds is 2. The van der Waals surface area contributed by atoms with Crippen molar-refractivity contribution in [2.75, 3.05) is 4.65 Å². The maximum absolute atomic E-state index is 10.5. The third kappa shape index (κ3) is 3.29. The Morgan fingerprint density at radius 3 is 2.50 bits per heavy atom. The zero-order valence-electron chi connectivity index (χ0n) is 6.05. The van der Waals surface area contributed by atoms with Crippen molar-refractivity contribution in [2.45, 2.75) is 13.8 Å². The van der Waals surface area contributed by atoms with Crippen molar-refractivity contribution in [3.63, 3.8) is 0 Å². The first-order valence-corrected chi connectivity index (χ1v) is 4.26. The molecule has 2 nitrogen and oxygen atoms in total. The van der Waals surface area contributed by atoms with Crippen LogP contribution in [0, 0.1) is 5.92 Å². The quantitative estimate of drug-likeness (QED) is 0.499. The Labute approximate surface area is 64.0 Å². The molecule has 0 bridgehead atoms. The van der Waals surface area contributed by atoms with E-state index in [1.54, 1.807) is 0 Å². The van der Waals surface area contributed by atoms with Crippen LogP contribution in [0.4, 0.5) is 0 Å². The second-order valence-electron chi connectivity index (χ2n) is 1.75. The molecule has 0 unspecified atom stereocenters. The van der Waals surface area contributed by atoms with Crippen LogP contribution in [0.15, 0.2) is 0 Å². The number of ether oxygens (including phenoxy) is 1.